The first kappa shape index (κ1) is 14.2. The van der Waals surface area contributed by atoms with Crippen molar-refractivity contribution < 1.29 is 22.9 Å². The number of benzene rings is 1. The molecule has 1 aliphatic heterocycles. The summed E-state index contributed by atoms with van der Waals surface area (Å²) in [5, 5.41) is 0. The van der Waals surface area contributed by atoms with Crippen molar-refractivity contribution in [3.63, 3.8) is 0 Å². The maximum Gasteiger partial charge on any atom is 0.494 e. The van der Waals surface area contributed by atoms with Crippen LogP contribution in [0.5, 0.6) is 0 Å². The van der Waals surface area contributed by atoms with Crippen molar-refractivity contribution in [3.05, 3.63) is 29.3 Å². The monoisotopic (exact) mass is 268 g/mol. The highest BCUT2D eigenvalue weighted by Gasteiger charge is 2.51. The van der Waals surface area contributed by atoms with E-state index >= 15 is 0 Å². The Bertz CT molecular complexity index is 513. The summed E-state index contributed by atoms with van der Waals surface area (Å²) in [6.45, 7) is 7.42. The van der Waals surface area contributed by atoms with Gasteiger partial charge in [0.2, 0.25) is 0 Å². The fraction of sp³-hybridized carbons (Fsp3) is 0.462. The lowest BCUT2D eigenvalue weighted by Crippen LogP contribution is -2.41. The van der Waals surface area contributed by atoms with E-state index in [1.807, 2.05) is 27.7 Å². The summed E-state index contributed by atoms with van der Waals surface area (Å²) in [5.74, 6) is -2.25. The van der Waals surface area contributed by atoms with Crippen molar-refractivity contribution in [2.24, 2.45) is 0 Å². The van der Waals surface area contributed by atoms with Gasteiger partial charge >= 0.3 is 7.12 Å². The first-order chi connectivity index (χ1) is 8.68. The van der Waals surface area contributed by atoms with E-state index in [4.69, 9.17) is 9.31 Å². The topological polar surface area (TPSA) is 35.5 Å². The van der Waals surface area contributed by atoms with Crippen molar-refractivity contribution >= 4 is 18.9 Å². The number of halogens is 2. The maximum atomic E-state index is 13.4. The molecule has 1 aromatic rings. The smallest absolute Gasteiger partial charge is 0.399 e. The molecule has 0 N–H and O–H groups in total. The highest BCUT2D eigenvalue weighted by molar-refractivity contribution is 6.62. The van der Waals surface area contributed by atoms with Crippen LogP contribution in [0.4, 0.5) is 8.78 Å². The van der Waals surface area contributed by atoms with Gasteiger partial charge in [-0.3, -0.25) is 4.79 Å². The van der Waals surface area contributed by atoms with Gasteiger partial charge in [-0.25, -0.2) is 8.78 Å². The number of hydrogen-bond donors (Lipinski definition) is 0. The molecule has 1 fully saturated rings. The average molecular weight is 268 g/mol. The van der Waals surface area contributed by atoms with Gasteiger partial charge in [0, 0.05) is 0 Å². The molecular formula is C13H15BF2O3. The van der Waals surface area contributed by atoms with Crippen LogP contribution in [0.1, 0.15) is 38.1 Å². The van der Waals surface area contributed by atoms with E-state index in [1.165, 1.54) is 6.07 Å². The largest absolute Gasteiger partial charge is 0.494 e. The van der Waals surface area contributed by atoms with E-state index < -0.39 is 30.0 Å². The van der Waals surface area contributed by atoms with Crippen LogP contribution >= 0.6 is 0 Å². The Morgan fingerprint density at radius 2 is 1.63 bits per heavy atom. The van der Waals surface area contributed by atoms with Crippen LogP contribution in [-0.2, 0) is 9.31 Å². The van der Waals surface area contributed by atoms with Crippen LogP contribution in [0.15, 0.2) is 12.1 Å². The Hall–Kier alpha value is -1.27. The summed E-state index contributed by atoms with van der Waals surface area (Å²) in [6.07, 6.45) is 0.271. The summed E-state index contributed by atoms with van der Waals surface area (Å²) in [4.78, 5) is 10.7. The second-order valence-electron chi connectivity index (χ2n) is 5.61. The van der Waals surface area contributed by atoms with Crippen LogP contribution in [0, 0.1) is 11.6 Å². The van der Waals surface area contributed by atoms with E-state index in [9.17, 15) is 13.6 Å². The molecule has 1 heterocycles. The molecule has 6 heteroatoms. The van der Waals surface area contributed by atoms with Gasteiger partial charge in [-0.05, 0) is 45.3 Å². The highest BCUT2D eigenvalue weighted by Crippen LogP contribution is 2.36. The van der Waals surface area contributed by atoms with Crippen LogP contribution in [0.2, 0.25) is 0 Å². The molecule has 0 bridgehead atoms. The standard InChI is InChI=1S/C13H15BF2O3/c1-12(2)13(3,4)19-14(18-12)9-5-8(7-17)11(16)10(15)6-9/h5-7H,1-4H3. The molecule has 0 unspecified atom stereocenters. The minimum atomic E-state index is -1.16. The average Bonchev–Trinajstić information content (AvgIpc) is 2.52. The lowest BCUT2D eigenvalue weighted by molar-refractivity contribution is 0.00578. The van der Waals surface area contributed by atoms with Gasteiger partial charge in [-0.15, -0.1) is 0 Å². The molecule has 0 amide bonds. The first-order valence-electron chi connectivity index (χ1n) is 5.98. The predicted molar refractivity (Wildman–Crippen MR) is 67.5 cm³/mol. The minimum Gasteiger partial charge on any atom is -0.399 e. The normalized spacial score (nSPS) is 20.6. The molecule has 102 valence electrons. The van der Waals surface area contributed by atoms with Crippen LogP contribution in [0.25, 0.3) is 0 Å². The third kappa shape index (κ3) is 2.30. The third-order valence-electron chi connectivity index (χ3n) is 3.73. The van der Waals surface area contributed by atoms with Gasteiger partial charge in [-0.2, -0.15) is 0 Å². The summed E-state index contributed by atoms with van der Waals surface area (Å²) in [6, 6.07) is 2.23. The minimum absolute atomic E-state index is 0.271. The van der Waals surface area contributed by atoms with Crippen molar-refractivity contribution in [1.29, 1.82) is 0 Å². The molecule has 0 saturated carbocycles. The molecule has 2 rings (SSSR count). The van der Waals surface area contributed by atoms with Crippen LogP contribution in [-0.4, -0.2) is 24.6 Å². The lowest BCUT2D eigenvalue weighted by atomic mass is 9.78. The van der Waals surface area contributed by atoms with Gasteiger partial charge in [0.25, 0.3) is 0 Å². The number of carbonyl (C=O) groups is 1. The molecule has 19 heavy (non-hydrogen) atoms. The Morgan fingerprint density at radius 1 is 1.11 bits per heavy atom. The molecule has 1 saturated heterocycles. The third-order valence-corrected chi connectivity index (χ3v) is 3.73. The van der Waals surface area contributed by atoms with E-state index in [-0.39, 0.29) is 11.8 Å². The predicted octanol–water partition coefficient (Wildman–Crippen LogP) is 2.08. The molecule has 0 radical (unpaired) electrons. The van der Waals surface area contributed by atoms with Crippen molar-refractivity contribution in [2.75, 3.05) is 0 Å². The second kappa shape index (κ2) is 4.39. The number of carbonyl (C=O) groups excluding carboxylic acids is 1. The Morgan fingerprint density at radius 3 is 2.11 bits per heavy atom. The van der Waals surface area contributed by atoms with E-state index in [2.05, 4.69) is 0 Å². The zero-order valence-electron chi connectivity index (χ0n) is 11.3. The van der Waals surface area contributed by atoms with E-state index in [0.717, 1.165) is 6.07 Å². The molecule has 0 atom stereocenters. The van der Waals surface area contributed by atoms with Gasteiger partial charge < -0.3 is 9.31 Å². The van der Waals surface area contributed by atoms with Crippen molar-refractivity contribution in [2.45, 2.75) is 38.9 Å². The molecule has 1 aromatic carbocycles. The number of rotatable bonds is 2. The number of hydrogen-bond acceptors (Lipinski definition) is 3. The zero-order chi connectivity index (χ0) is 14.4. The summed E-state index contributed by atoms with van der Waals surface area (Å²) in [7, 11) is -0.821. The van der Waals surface area contributed by atoms with E-state index in [0.29, 0.717) is 5.46 Å². The quantitative estimate of drug-likeness (QED) is 0.608. The fourth-order valence-electron chi connectivity index (χ4n) is 1.83. The maximum absolute atomic E-state index is 13.4. The second-order valence-corrected chi connectivity index (χ2v) is 5.61. The zero-order valence-corrected chi connectivity index (χ0v) is 11.3. The highest BCUT2D eigenvalue weighted by atomic mass is 19.2. The Labute approximate surface area is 111 Å². The molecule has 0 spiro atoms. The SMILES string of the molecule is CC1(C)OB(c2cc(F)c(F)c(C=O)c2)OC1(C)C. The summed E-state index contributed by atoms with van der Waals surface area (Å²) >= 11 is 0. The molecule has 0 aliphatic carbocycles. The number of aldehydes is 1. The molecule has 3 nitrogen and oxygen atoms in total. The van der Waals surface area contributed by atoms with Gasteiger partial charge in [0.1, 0.15) is 0 Å². The van der Waals surface area contributed by atoms with Crippen molar-refractivity contribution in [1.82, 2.24) is 0 Å². The lowest BCUT2D eigenvalue weighted by Gasteiger charge is -2.32. The summed E-state index contributed by atoms with van der Waals surface area (Å²) in [5.41, 5.74) is -1.21. The van der Waals surface area contributed by atoms with Crippen molar-refractivity contribution in [3.8, 4) is 0 Å². The van der Waals surface area contributed by atoms with Gasteiger partial charge in [0.05, 0.1) is 16.8 Å². The molecule has 0 aromatic heterocycles. The van der Waals surface area contributed by atoms with Crippen LogP contribution in [0.3, 0.4) is 0 Å². The molecule has 1 aliphatic rings. The molecular weight excluding hydrogens is 253 g/mol. The van der Waals surface area contributed by atoms with E-state index in [1.54, 1.807) is 0 Å². The van der Waals surface area contributed by atoms with Gasteiger partial charge in [0.15, 0.2) is 17.9 Å². The fourth-order valence-corrected chi connectivity index (χ4v) is 1.83. The Kier molecular flexibility index (Phi) is 3.27. The van der Waals surface area contributed by atoms with Gasteiger partial charge in [-0.1, -0.05) is 0 Å². The summed E-state index contributed by atoms with van der Waals surface area (Å²) < 4.78 is 38.1. The van der Waals surface area contributed by atoms with Crippen LogP contribution < -0.4 is 5.46 Å². The first-order valence-corrected chi connectivity index (χ1v) is 5.98. The Balaban J connectivity index is 2.40.